The Kier molecular flexibility index (Phi) is 6.24. The number of nitrogens with zero attached hydrogens (tertiary/aromatic N) is 1. The van der Waals surface area contributed by atoms with Crippen molar-refractivity contribution in [2.75, 3.05) is 18.1 Å². The number of aryl methyl sites for hydroxylation is 1. The van der Waals surface area contributed by atoms with E-state index in [0.29, 0.717) is 16.5 Å². The number of anilines is 1. The van der Waals surface area contributed by atoms with Crippen LogP contribution in [0, 0.1) is 12.8 Å². The van der Waals surface area contributed by atoms with Gasteiger partial charge in [0.2, 0.25) is 11.8 Å². The number of aromatic amines is 1. The fraction of sp³-hybridized carbons (Fsp3) is 0.280. The number of rotatable bonds is 6. The molecule has 3 aromatic rings. The molecule has 8 nitrogen and oxygen atoms in total. The molecule has 0 spiro atoms. The quantitative estimate of drug-likeness (QED) is 0.400. The number of nitrogens with one attached hydrogen (secondary N) is 1. The predicted octanol–water partition coefficient (Wildman–Crippen LogP) is 3.48. The molecule has 0 bridgehead atoms. The third-order valence-electron chi connectivity index (χ3n) is 6.02. The van der Waals surface area contributed by atoms with Gasteiger partial charge in [0, 0.05) is 10.8 Å². The van der Waals surface area contributed by atoms with Crippen molar-refractivity contribution in [3.8, 4) is 5.75 Å². The molecule has 3 atom stereocenters. The van der Waals surface area contributed by atoms with Crippen molar-refractivity contribution in [3.63, 3.8) is 0 Å². The van der Waals surface area contributed by atoms with Gasteiger partial charge >= 0.3 is 10.8 Å². The monoisotopic (exact) mass is 510 g/mol. The fourth-order valence-corrected chi connectivity index (χ4v) is 6.96. The first-order chi connectivity index (χ1) is 16.9. The normalized spacial score (nSPS) is 21.0. The minimum atomic E-state index is -0.654. The van der Waals surface area contributed by atoms with Crippen molar-refractivity contribution >= 4 is 46.6 Å². The summed E-state index contributed by atoms with van der Waals surface area (Å²) < 4.78 is 10.4. The first-order valence-electron chi connectivity index (χ1n) is 11.1. The molecular formula is C25H22N2O6S2. The molecule has 2 aliphatic rings. The maximum absolute atomic E-state index is 13.7. The number of carbonyl (C=O) groups is 3. The lowest BCUT2D eigenvalue weighted by molar-refractivity contribution is -0.145. The van der Waals surface area contributed by atoms with Gasteiger partial charge in [0.05, 0.1) is 23.2 Å². The average molecular weight is 511 g/mol. The van der Waals surface area contributed by atoms with Crippen LogP contribution in [0.5, 0.6) is 5.75 Å². The van der Waals surface area contributed by atoms with Gasteiger partial charge in [-0.2, -0.15) is 0 Å². The number of hydrogen-bond donors (Lipinski definition) is 1. The first-order valence-corrected chi connectivity index (χ1v) is 12.8. The van der Waals surface area contributed by atoms with Crippen LogP contribution < -0.4 is 14.5 Å². The number of hydrogen-bond acceptors (Lipinski definition) is 8. The second-order valence-electron chi connectivity index (χ2n) is 8.26. The molecule has 2 amide bonds. The zero-order chi connectivity index (χ0) is 24.7. The Morgan fingerprint density at radius 1 is 1.03 bits per heavy atom. The summed E-state index contributed by atoms with van der Waals surface area (Å²) in [5.41, 5.74) is 2.36. The van der Waals surface area contributed by atoms with Crippen LogP contribution in [0.2, 0.25) is 0 Å². The van der Waals surface area contributed by atoms with Crippen molar-refractivity contribution in [1.82, 2.24) is 4.98 Å². The summed E-state index contributed by atoms with van der Waals surface area (Å²) in [4.78, 5) is 55.5. The molecule has 3 heterocycles. The van der Waals surface area contributed by atoms with Crippen molar-refractivity contribution in [2.45, 2.75) is 30.0 Å². The highest BCUT2D eigenvalue weighted by Gasteiger charge is 2.56. The van der Waals surface area contributed by atoms with Crippen molar-refractivity contribution in [3.05, 3.63) is 74.2 Å². The zero-order valence-electron chi connectivity index (χ0n) is 19.0. The largest absolute Gasteiger partial charge is 0.482 e. The first kappa shape index (κ1) is 23.4. The number of ether oxygens (including phenoxy) is 2. The van der Waals surface area contributed by atoms with Crippen LogP contribution in [-0.4, -0.2) is 41.2 Å². The molecule has 35 heavy (non-hydrogen) atoms. The molecule has 1 N–H and O–H groups in total. The SMILES string of the molecule is CCOC(=O)COc1ccc(C2c3sc(=O)[nH]c3SC3C(=O)N(c4ccc(C)cc4)C(=O)C32)cc1. The molecule has 2 aliphatic heterocycles. The number of H-pyrrole nitrogens is 1. The third kappa shape index (κ3) is 4.28. The van der Waals surface area contributed by atoms with E-state index in [1.54, 1.807) is 43.3 Å². The molecular weight excluding hydrogens is 488 g/mol. The van der Waals surface area contributed by atoms with Gasteiger partial charge in [-0.3, -0.25) is 14.4 Å². The van der Waals surface area contributed by atoms with Crippen LogP contribution in [0.1, 0.15) is 28.8 Å². The van der Waals surface area contributed by atoms with Gasteiger partial charge in [-0.25, -0.2) is 9.69 Å². The fourth-order valence-electron chi connectivity index (χ4n) is 4.44. The molecule has 180 valence electrons. The number of fused-ring (bicyclic) bond motifs is 2. The molecule has 1 saturated heterocycles. The van der Waals surface area contributed by atoms with E-state index in [1.807, 2.05) is 19.1 Å². The summed E-state index contributed by atoms with van der Waals surface area (Å²) in [6.07, 6.45) is 0. The van der Waals surface area contributed by atoms with E-state index in [1.165, 1.54) is 16.7 Å². The van der Waals surface area contributed by atoms with E-state index in [4.69, 9.17) is 9.47 Å². The second kappa shape index (κ2) is 9.35. The Hall–Kier alpha value is -3.37. The van der Waals surface area contributed by atoms with Gasteiger partial charge in [0.1, 0.15) is 11.0 Å². The van der Waals surface area contributed by atoms with Gasteiger partial charge < -0.3 is 14.5 Å². The van der Waals surface area contributed by atoms with Gasteiger partial charge in [-0.05, 0) is 43.7 Å². The number of thiazole rings is 1. The summed E-state index contributed by atoms with van der Waals surface area (Å²) in [6.45, 7) is 3.73. The number of aromatic nitrogens is 1. The molecule has 10 heteroatoms. The van der Waals surface area contributed by atoms with Gasteiger partial charge in [0.15, 0.2) is 6.61 Å². The van der Waals surface area contributed by atoms with E-state index in [-0.39, 0.29) is 29.9 Å². The number of esters is 1. The van der Waals surface area contributed by atoms with E-state index >= 15 is 0 Å². The van der Waals surface area contributed by atoms with Crippen LogP contribution in [0.3, 0.4) is 0 Å². The van der Waals surface area contributed by atoms with Crippen molar-refractivity contribution in [1.29, 1.82) is 0 Å². The number of benzene rings is 2. The third-order valence-corrected chi connectivity index (χ3v) is 8.42. The lowest BCUT2D eigenvalue weighted by Crippen LogP contribution is -2.32. The average Bonchev–Trinajstić information content (AvgIpc) is 3.33. The Morgan fingerprint density at radius 3 is 2.43 bits per heavy atom. The number of amides is 2. The summed E-state index contributed by atoms with van der Waals surface area (Å²) in [7, 11) is 0. The highest BCUT2D eigenvalue weighted by atomic mass is 32.2. The van der Waals surface area contributed by atoms with E-state index < -0.39 is 23.1 Å². The zero-order valence-corrected chi connectivity index (χ0v) is 20.6. The number of imide groups is 1. The molecule has 2 aromatic carbocycles. The highest BCUT2D eigenvalue weighted by molar-refractivity contribution is 8.00. The predicted molar refractivity (Wildman–Crippen MR) is 132 cm³/mol. The summed E-state index contributed by atoms with van der Waals surface area (Å²) in [6, 6.07) is 14.3. The number of thioether (sulfide) groups is 1. The molecule has 1 fully saturated rings. The highest BCUT2D eigenvalue weighted by Crippen LogP contribution is 2.53. The topological polar surface area (TPSA) is 106 Å². The standard InChI is InChI=1S/C25H22N2O6S2/c1-3-32-17(28)12-33-16-10-6-14(7-11-16)18-19-21(34-22-20(18)35-25(31)26-22)24(30)27(23(19)29)15-8-4-13(2)5-9-15/h4-11,18-19,21H,3,12H2,1-2H3,(H,26,31). The molecule has 5 rings (SSSR count). The maximum atomic E-state index is 13.7. The summed E-state index contributed by atoms with van der Waals surface area (Å²) in [5.74, 6) is -1.68. The minimum Gasteiger partial charge on any atom is -0.482 e. The Morgan fingerprint density at radius 2 is 1.74 bits per heavy atom. The molecule has 0 saturated carbocycles. The van der Waals surface area contributed by atoms with Crippen LogP contribution >= 0.6 is 23.1 Å². The number of carbonyl (C=O) groups excluding carboxylic acids is 3. The lowest BCUT2D eigenvalue weighted by atomic mass is 9.83. The Bertz CT molecular complexity index is 1350. The smallest absolute Gasteiger partial charge is 0.344 e. The van der Waals surface area contributed by atoms with Gasteiger partial charge in [-0.1, -0.05) is 52.9 Å². The van der Waals surface area contributed by atoms with Crippen molar-refractivity contribution in [2.24, 2.45) is 5.92 Å². The summed E-state index contributed by atoms with van der Waals surface area (Å²) >= 11 is 2.31. The Labute approximate surface area is 209 Å². The van der Waals surface area contributed by atoms with Crippen LogP contribution in [0.4, 0.5) is 5.69 Å². The summed E-state index contributed by atoms with van der Waals surface area (Å²) in [5, 5.41) is -0.0212. The molecule has 3 unspecified atom stereocenters. The molecule has 0 aliphatic carbocycles. The lowest BCUT2D eigenvalue weighted by Gasteiger charge is -2.29. The van der Waals surface area contributed by atoms with Gasteiger partial charge in [-0.15, -0.1) is 0 Å². The minimum absolute atomic E-state index is 0.208. The maximum Gasteiger partial charge on any atom is 0.344 e. The van der Waals surface area contributed by atoms with Gasteiger partial charge in [0.25, 0.3) is 0 Å². The van der Waals surface area contributed by atoms with E-state index in [2.05, 4.69) is 4.98 Å². The van der Waals surface area contributed by atoms with Crippen LogP contribution in [0.15, 0.2) is 58.4 Å². The second-order valence-corrected chi connectivity index (χ2v) is 10.4. The van der Waals surface area contributed by atoms with E-state index in [9.17, 15) is 19.2 Å². The molecule has 1 aromatic heterocycles. The van der Waals surface area contributed by atoms with Crippen molar-refractivity contribution < 1.29 is 23.9 Å². The van der Waals surface area contributed by atoms with Crippen LogP contribution in [0.25, 0.3) is 0 Å². The van der Waals surface area contributed by atoms with Crippen LogP contribution in [-0.2, 0) is 19.1 Å². The molecule has 0 radical (unpaired) electrons. The van der Waals surface area contributed by atoms with E-state index in [0.717, 1.165) is 27.3 Å². The Balaban J connectivity index is 1.49.